The van der Waals surface area contributed by atoms with Crippen LogP contribution in [0.5, 0.6) is 0 Å². The van der Waals surface area contributed by atoms with E-state index in [0.29, 0.717) is 19.0 Å². The fraction of sp³-hybridized carbons (Fsp3) is 0.500. The number of amides is 1. The first-order valence-electron chi connectivity index (χ1n) is 6.31. The van der Waals surface area contributed by atoms with Crippen molar-refractivity contribution in [3.05, 3.63) is 29.3 Å². The number of cyclic esters (lactones) is 1. The number of hydrogen-bond donors (Lipinski definition) is 1. The third kappa shape index (κ3) is 2.34. The number of nitrogens with zero attached hydrogens (tertiary/aromatic N) is 1. The maximum Gasteiger partial charge on any atom is 0.414 e. The monoisotopic (exact) mass is 248 g/mol. The third-order valence-electron chi connectivity index (χ3n) is 3.33. The average Bonchev–Trinajstić information content (AvgIpc) is 2.71. The fourth-order valence-electron chi connectivity index (χ4n) is 2.12. The molecule has 18 heavy (non-hydrogen) atoms. The number of carbonyl (C=O) groups excluding carboxylic acids is 1. The van der Waals surface area contributed by atoms with E-state index in [2.05, 4.69) is 26.0 Å². The lowest BCUT2D eigenvalue weighted by Gasteiger charge is -2.18. The Hall–Kier alpha value is -1.55. The van der Waals surface area contributed by atoms with Crippen LogP contribution in [0.1, 0.15) is 30.9 Å². The summed E-state index contributed by atoms with van der Waals surface area (Å²) in [6.07, 6.45) is -0.492. The van der Waals surface area contributed by atoms with Crippen molar-refractivity contribution in [1.29, 1.82) is 0 Å². The molecule has 1 heterocycles. The molecule has 1 atom stereocenters. The Morgan fingerprint density at radius 1 is 1.50 bits per heavy atom. The quantitative estimate of drug-likeness (QED) is 0.893. The summed E-state index contributed by atoms with van der Waals surface area (Å²) in [6.45, 7) is 7.18. The molecule has 2 rings (SSSR count). The predicted octanol–water partition coefficient (Wildman–Crippen LogP) is 2.40. The zero-order valence-corrected chi connectivity index (χ0v) is 11.1. The first kappa shape index (κ1) is 12.9. The normalized spacial score (nSPS) is 19.5. The largest absolute Gasteiger partial charge is 0.443 e. The number of nitrogens with two attached hydrogens (primary N) is 1. The van der Waals surface area contributed by atoms with Crippen molar-refractivity contribution in [2.45, 2.75) is 32.8 Å². The summed E-state index contributed by atoms with van der Waals surface area (Å²) >= 11 is 0. The fourth-order valence-corrected chi connectivity index (χ4v) is 2.12. The lowest BCUT2D eigenvalue weighted by molar-refractivity contribution is 0.145. The molecule has 0 spiro atoms. The zero-order chi connectivity index (χ0) is 13.3. The van der Waals surface area contributed by atoms with Crippen molar-refractivity contribution in [2.24, 2.45) is 5.73 Å². The van der Waals surface area contributed by atoms with Gasteiger partial charge in [0.1, 0.15) is 6.10 Å². The van der Waals surface area contributed by atoms with E-state index in [9.17, 15) is 4.79 Å². The Bertz CT molecular complexity index is 457. The Morgan fingerprint density at radius 3 is 2.78 bits per heavy atom. The predicted molar refractivity (Wildman–Crippen MR) is 71.9 cm³/mol. The molecule has 4 nitrogen and oxygen atoms in total. The number of hydrogen-bond acceptors (Lipinski definition) is 3. The van der Waals surface area contributed by atoms with Crippen molar-refractivity contribution in [1.82, 2.24) is 0 Å². The first-order chi connectivity index (χ1) is 8.52. The molecule has 1 aliphatic rings. The van der Waals surface area contributed by atoms with Gasteiger partial charge in [0, 0.05) is 6.54 Å². The maximum atomic E-state index is 11.8. The molecular weight excluding hydrogens is 228 g/mol. The van der Waals surface area contributed by atoms with Gasteiger partial charge in [-0.25, -0.2) is 4.79 Å². The summed E-state index contributed by atoms with van der Waals surface area (Å²) in [4.78, 5) is 13.5. The third-order valence-corrected chi connectivity index (χ3v) is 3.33. The topological polar surface area (TPSA) is 55.6 Å². The number of aryl methyl sites for hydroxylation is 1. The van der Waals surface area contributed by atoms with Crippen molar-refractivity contribution < 1.29 is 9.53 Å². The van der Waals surface area contributed by atoms with Gasteiger partial charge in [0.05, 0.1) is 12.2 Å². The molecule has 0 aliphatic carbocycles. The molecule has 1 saturated heterocycles. The molecule has 98 valence electrons. The number of benzene rings is 1. The number of rotatable bonds is 3. The van der Waals surface area contributed by atoms with Crippen molar-refractivity contribution in [3.63, 3.8) is 0 Å². The van der Waals surface area contributed by atoms with Crippen molar-refractivity contribution in [2.75, 3.05) is 18.0 Å². The van der Waals surface area contributed by atoms with Gasteiger partial charge in [-0.05, 0) is 30.0 Å². The molecule has 4 heteroatoms. The van der Waals surface area contributed by atoms with E-state index >= 15 is 0 Å². The second kappa shape index (κ2) is 4.98. The van der Waals surface area contributed by atoms with E-state index in [-0.39, 0.29) is 12.2 Å². The van der Waals surface area contributed by atoms with E-state index in [1.54, 1.807) is 4.90 Å². The Balaban J connectivity index is 2.33. The van der Waals surface area contributed by atoms with Crippen LogP contribution in [0, 0.1) is 6.92 Å². The number of anilines is 1. The van der Waals surface area contributed by atoms with Crippen LogP contribution in [0.4, 0.5) is 10.5 Å². The van der Waals surface area contributed by atoms with E-state index in [0.717, 1.165) is 11.3 Å². The van der Waals surface area contributed by atoms with Crippen LogP contribution >= 0.6 is 0 Å². The Labute approximate surface area is 108 Å². The van der Waals surface area contributed by atoms with Gasteiger partial charge < -0.3 is 10.5 Å². The van der Waals surface area contributed by atoms with Gasteiger partial charge in [0.25, 0.3) is 0 Å². The van der Waals surface area contributed by atoms with Crippen LogP contribution in [0.3, 0.4) is 0 Å². The molecule has 0 saturated carbocycles. The SMILES string of the molecule is Cc1ccc(C(C)C)cc1N1CC(CN)OC1=O. The second-order valence-corrected chi connectivity index (χ2v) is 5.05. The van der Waals surface area contributed by atoms with Gasteiger partial charge in [-0.15, -0.1) is 0 Å². The highest BCUT2D eigenvalue weighted by molar-refractivity contribution is 5.90. The molecular formula is C14H20N2O2. The van der Waals surface area contributed by atoms with Crippen LogP contribution in [-0.4, -0.2) is 25.3 Å². The molecule has 1 aromatic carbocycles. The molecule has 1 amide bonds. The molecule has 1 fully saturated rings. The summed E-state index contributed by atoms with van der Waals surface area (Å²) in [5.74, 6) is 0.438. The summed E-state index contributed by atoms with van der Waals surface area (Å²) in [5.41, 5.74) is 8.78. The van der Waals surface area contributed by atoms with E-state index in [4.69, 9.17) is 10.5 Å². The van der Waals surface area contributed by atoms with Crippen molar-refractivity contribution in [3.8, 4) is 0 Å². The second-order valence-electron chi connectivity index (χ2n) is 5.05. The Kier molecular flexibility index (Phi) is 3.57. The minimum Gasteiger partial charge on any atom is -0.443 e. The van der Waals surface area contributed by atoms with Gasteiger partial charge in [-0.2, -0.15) is 0 Å². The molecule has 0 aromatic heterocycles. The zero-order valence-electron chi connectivity index (χ0n) is 11.1. The minimum atomic E-state index is -0.297. The summed E-state index contributed by atoms with van der Waals surface area (Å²) in [5, 5.41) is 0. The summed E-state index contributed by atoms with van der Waals surface area (Å²) < 4.78 is 5.19. The highest BCUT2D eigenvalue weighted by Crippen LogP contribution is 2.28. The van der Waals surface area contributed by atoms with Gasteiger partial charge in [0.2, 0.25) is 0 Å². The summed E-state index contributed by atoms with van der Waals surface area (Å²) in [7, 11) is 0. The molecule has 1 aromatic rings. The van der Waals surface area contributed by atoms with Crippen LogP contribution < -0.4 is 10.6 Å². The van der Waals surface area contributed by atoms with E-state index in [1.807, 2.05) is 13.0 Å². The van der Waals surface area contributed by atoms with Crippen LogP contribution in [0.25, 0.3) is 0 Å². The molecule has 1 unspecified atom stereocenters. The maximum absolute atomic E-state index is 11.8. The van der Waals surface area contributed by atoms with Gasteiger partial charge in [0.15, 0.2) is 0 Å². The van der Waals surface area contributed by atoms with Gasteiger partial charge in [-0.3, -0.25) is 4.90 Å². The summed E-state index contributed by atoms with van der Waals surface area (Å²) in [6, 6.07) is 6.22. The minimum absolute atomic E-state index is 0.195. The van der Waals surface area contributed by atoms with Crippen molar-refractivity contribution >= 4 is 11.8 Å². The molecule has 2 N–H and O–H groups in total. The molecule has 0 bridgehead atoms. The lowest BCUT2D eigenvalue weighted by Crippen LogP contribution is -2.28. The molecule has 0 radical (unpaired) electrons. The average molecular weight is 248 g/mol. The van der Waals surface area contributed by atoms with Gasteiger partial charge in [-0.1, -0.05) is 26.0 Å². The van der Waals surface area contributed by atoms with Crippen LogP contribution in [0.2, 0.25) is 0 Å². The number of carbonyl (C=O) groups is 1. The lowest BCUT2D eigenvalue weighted by atomic mass is 10.00. The molecule has 1 aliphatic heterocycles. The highest BCUT2D eigenvalue weighted by atomic mass is 16.6. The highest BCUT2D eigenvalue weighted by Gasteiger charge is 2.32. The van der Waals surface area contributed by atoms with Crippen LogP contribution in [0.15, 0.2) is 18.2 Å². The van der Waals surface area contributed by atoms with E-state index in [1.165, 1.54) is 5.56 Å². The van der Waals surface area contributed by atoms with Crippen LogP contribution in [-0.2, 0) is 4.74 Å². The van der Waals surface area contributed by atoms with E-state index < -0.39 is 0 Å². The Morgan fingerprint density at radius 2 is 2.22 bits per heavy atom. The smallest absolute Gasteiger partial charge is 0.414 e. The standard InChI is InChI=1S/C14H20N2O2/c1-9(2)11-5-4-10(3)13(6-11)16-8-12(7-15)18-14(16)17/h4-6,9,12H,7-8,15H2,1-3H3. The first-order valence-corrected chi connectivity index (χ1v) is 6.31. The van der Waals surface area contributed by atoms with Gasteiger partial charge >= 0.3 is 6.09 Å². The number of ether oxygens (including phenoxy) is 1.